The highest BCUT2D eigenvalue weighted by molar-refractivity contribution is 5.77. The number of anilines is 1. The van der Waals surface area contributed by atoms with E-state index < -0.39 is 0 Å². The number of nitrogens with zero attached hydrogens (tertiary/aromatic N) is 2. The van der Waals surface area contributed by atoms with E-state index in [-0.39, 0.29) is 11.9 Å². The van der Waals surface area contributed by atoms with E-state index in [0.717, 1.165) is 24.5 Å². The Labute approximate surface area is 101 Å². The SMILES string of the molecule is COc1ccc(NC2CCC(=O)N(C)C2)nc1. The van der Waals surface area contributed by atoms with Crippen molar-refractivity contribution in [1.29, 1.82) is 0 Å². The van der Waals surface area contributed by atoms with Gasteiger partial charge in [-0.1, -0.05) is 0 Å². The van der Waals surface area contributed by atoms with Crippen molar-refractivity contribution in [3.8, 4) is 5.75 Å². The number of hydrogen-bond acceptors (Lipinski definition) is 4. The molecule has 1 saturated heterocycles. The van der Waals surface area contributed by atoms with Gasteiger partial charge in [0.05, 0.1) is 13.3 Å². The summed E-state index contributed by atoms with van der Waals surface area (Å²) in [5.74, 6) is 1.77. The van der Waals surface area contributed by atoms with Gasteiger partial charge in [0.1, 0.15) is 11.6 Å². The molecule has 1 aromatic heterocycles. The van der Waals surface area contributed by atoms with Crippen LogP contribution in [0.15, 0.2) is 18.3 Å². The molecular weight excluding hydrogens is 218 g/mol. The Hall–Kier alpha value is -1.78. The number of carbonyl (C=O) groups is 1. The van der Waals surface area contributed by atoms with Crippen LogP contribution in [0, 0.1) is 0 Å². The third kappa shape index (κ3) is 2.87. The van der Waals surface area contributed by atoms with Gasteiger partial charge < -0.3 is 15.0 Å². The van der Waals surface area contributed by atoms with E-state index in [2.05, 4.69) is 10.3 Å². The summed E-state index contributed by atoms with van der Waals surface area (Å²) in [5, 5.41) is 3.32. The van der Waals surface area contributed by atoms with E-state index in [1.54, 1.807) is 18.2 Å². The monoisotopic (exact) mass is 235 g/mol. The molecule has 2 rings (SSSR count). The topological polar surface area (TPSA) is 54.5 Å². The zero-order chi connectivity index (χ0) is 12.3. The number of amides is 1. The summed E-state index contributed by atoms with van der Waals surface area (Å²) < 4.78 is 5.05. The number of likely N-dealkylation sites (N-methyl/N-ethyl adjacent to an activating group) is 1. The lowest BCUT2D eigenvalue weighted by Crippen LogP contribution is -2.43. The van der Waals surface area contributed by atoms with Crippen LogP contribution in [0.1, 0.15) is 12.8 Å². The van der Waals surface area contributed by atoms with Crippen molar-refractivity contribution in [3.63, 3.8) is 0 Å². The lowest BCUT2D eigenvalue weighted by Gasteiger charge is -2.30. The molecule has 0 aliphatic carbocycles. The van der Waals surface area contributed by atoms with Gasteiger partial charge in [-0.25, -0.2) is 4.98 Å². The van der Waals surface area contributed by atoms with Crippen molar-refractivity contribution in [3.05, 3.63) is 18.3 Å². The zero-order valence-corrected chi connectivity index (χ0v) is 10.1. The van der Waals surface area contributed by atoms with Gasteiger partial charge in [0.15, 0.2) is 0 Å². The molecule has 2 heterocycles. The number of aromatic nitrogens is 1. The highest BCUT2D eigenvalue weighted by atomic mass is 16.5. The minimum absolute atomic E-state index is 0.214. The fraction of sp³-hybridized carbons (Fsp3) is 0.500. The van der Waals surface area contributed by atoms with Crippen LogP contribution in [0.5, 0.6) is 5.75 Å². The first kappa shape index (κ1) is 11.7. The zero-order valence-electron chi connectivity index (χ0n) is 10.1. The van der Waals surface area contributed by atoms with Crippen LogP contribution in [-0.2, 0) is 4.79 Å². The third-order valence-corrected chi connectivity index (χ3v) is 2.95. The highest BCUT2D eigenvalue weighted by Gasteiger charge is 2.22. The van der Waals surface area contributed by atoms with Crippen LogP contribution < -0.4 is 10.1 Å². The second-order valence-corrected chi connectivity index (χ2v) is 4.24. The van der Waals surface area contributed by atoms with Crippen molar-refractivity contribution in [2.75, 3.05) is 26.0 Å². The van der Waals surface area contributed by atoms with E-state index >= 15 is 0 Å². The summed E-state index contributed by atoms with van der Waals surface area (Å²) in [6.45, 7) is 0.729. The Morgan fingerprint density at radius 2 is 2.35 bits per heavy atom. The van der Waals surface area contributed by atoms with Gasteiger partial charge >= 0.3 is 0 Å². The normalized spacial score (nSPS) is 20.2. The maximum absolute atomic E-state index is 11.3. The summed E-state index contributed by atoms with van der Waals surface area (Å²) in [6.07, 6.45) is 3.14. The molecule has 1 aromatic rings. The number of ether oxygens (including phenoxy) is 1. The number of nitrogens with one attached hydrogen (secondary N) is 1. The highest BCUT2D eigenvalue weighted by Crippen LogP contribution is 2.16. The molecule has 1 aliphatic rings. The van der Waals surface area contributed by atoms with Crippen LogP contribution >= 0.6 is 0 Å². The minimum atomic E-state index is 0.214. The van der Waals surface area contributed by atoms with Crippen molar-refractivity contribution in [2.24, 2.45) is 0 Å². The van der Waals surface area contributed by atoms with Gasteiger partial charge in [0, 0.05) is 26.1 Å². The molecule has 0 spiro atoms. The number of rotatable bonds is 3. The van der Waals surface area contributed by atoms with Gasteiger partial charge in [-0.15, -0.1) is 0 Å². The first-order valence-electron chi connectivity index (χ1n) is 5.69. The molecule has 1 aliphatic heterocycles. The molecule has 0 aromatic carbocycles. The largest absolute Gasteiger partial charge is 0.495 e. The van der Waals surface area contributed by atoms with Crippen molar-refractivity contribution in [1.82, 2.24) is 9.88 Å². The molecule has 0 radical (unpaired) electrons. The molecule has 1 amide bonds. The van der Waals surface area contributed by atoms with Crippen LogP contribution in [0.4, 0.5) is 5.82 Å². The molecule has 1 unspecified atom stereocenters. The van der Waals surface area contributed by atoms with Gasteiger partial charge in [-0.05, 0) is 18.6 Å². The Bertz CT molecular complexity index is 391. The van der Waals surface area contributed by atoms with Crippen LogP contribution in [0.3, 0.4) is 0 Å². The number of likely N-dealkylation sites (tertiary alicyclic amines) is 1. The quantitative estimate of drug-likeness (QED) is 0.853. The number of pyridine rings is 1. The van der Waals surface area contributed by atoms with Crippen LogP contribution in [0.25, 0.3) is 0 Å². The van der Waals surface area contributed by atoms with E-state index in [1.165, 1.54) is 0 Å². The molecule has 5 heteroatoms. The van der Waals surface area contributed by atoms with Crippen molar-refractivity contribution >= 4 is 11.7 Å². The molecule has 1 atom stereocenters. The smallest absolute Gasteiger partial charge is 0.222 e. The van der Waals surface area contributed by atoms with Crippen LogP contribution in [-0.4, -0.2) is 42.5 Å². The lowest BCUT2D eigenvalue weighted by atomic mass is 10.1. The minimum Gasteiger partial charge on any atom is -0.495 e. The molecule has 1 fully saturated rings. The summed E-state index contributed by atoms with van der Waals surface area (Å²) in [5.41, 5.74) is 0. The second-order valence-electron chi connectivity index (χ2n) is 4.24. The molecule has 92 valence electrons. The standard InChI is InChI=1S/C12H17N3O2/c1-15-8-9(3-6-12(15)16)14-11-5-4-10(17-2)7-13-11/h4-5,7,9H,3,6,8H2,1-2H3,(H,13,14). The summed E-state index contributed by atoms with van der Waals surface area (Å²) in [4.78, 5) is 17.3. The van der Waals surface area contributed by atoms with Gasteiger partial charge in [-0.2, -0.15) is 0 Å². The lowest BCUT2D eigenvalue weighted by molar-refractivity contribution is -0.132. The predicted octanol–water partition coefficient (Wildman–Crippen LogP) is 1.12. The maximum Gasteiger partial charge on any atom is 0.222 e. The maximum atomic E-state index is 11.3. The molecule has 17 heavy (non-hydrogen) atoms. The average molecular weight is 235 g/mol. The van der Waals surface area contributed by atoms with Gasteiger partial charge in [0.25, 0.3) is 0 Å². The van der Waals surface area contributed by atoms with E-state index in [0.29, 0.717) is 6.42 Å². The number of piperidine rings is 1. The summed E-state index contributed by atoms with van der Waals surface area (Å²) >= 11 is 0. The Balaban J connectivity index is 1.94. The molecule has 0 bridgehead atoms. The Morgan fingerprint density at radius 1 is 1.53 bits per heavy atom. The summed E-state index contributed by atoms with van der Waals surface area (Å²) in [6, 6.07) is 4.03. The van der Waals surface area contributed by atoms with E-state index in [9.17, 15) is 4.79 Å². The fourth-order valence-corrected chi connectivity index (χ4v) is 1.93. The Kier molecular flexibility index (Phi) is 3.46. The first-order chi connectivity index (χ1) is 8.19. The fourth-order valence-electron chi connectivity index (χ4n) is 1.93. The number of methoxy groups -OCH3 is 1. The van der Waals surface area contributed by atoms with Crippen molar-refractivity contribution < 1.29 is 9.53 Å². The molecule has 1 N–H and O–H groups in total. The number of hydrogen-bond donors (Lipinski definition) is 1. The average Bonchev–Trinajstić information content (AvgIpc) is 2.35. The van der Waals surface area contributed by atoms with Gasteiger partial charge in [0.2, 0.25) is 5.91 Å². The summed E-state index contributed by atoms with van der Waals surface area (Å²) in [7, 11) is 3.45. The van der Waals surface area contributed by atoms with Gasteiger partial charge in [-0.3, -0.25) is 4.79 Å². The van der Waals surface area contributed by atoms with Crippen molar-refractivity contribution in [2.45, 2.75) is 18.9 Å². The van der Waals surface area contributed by atoms with E-state index in [4.69, 9.17) is 4.74 Å². The molecule has 0 saturated carbocycles. The second kappa shape index (κ2) is 5.03. The Morgan fingerprint density at radius 3 is 2.94 bits per heavy atom. The van der Waals surface area contributed by atoms with Crippen LogP contribution in [0.2, 0.25) is 0 Å². The third-order valence-electron chi connectivity index (χ3n) is 2.95. The first-order valence-corrected chi connectivity index (χ1v) is 5.69. The molecule has 5 nitrogen and oxygen atoms in total. The molecular formula is C12H17N3O2. The van der Waals surface area contributed by atoms with E-state index in [1.807, 2.05) is 19.2 Å². The number of carbonyl (C=O) groups excluding carboxylic acids is 1. The predicted molar refractivity (Wildman–Crippen MR) is 65.1 cm³/mol.